The lowest BCUT2D eigenvalue weighted by molar-refractivity contribution is -0.913. The lowest BCUT2D eigenvalue weighted by Crippen LogP contribution is -3.10. The molecule has 2 atom stereocenters. The molecule has 26 heavy (non-hydrogen) atoms. The molecule has 0 amide bonds. The molecular weight excluding hydrogens is 338 g/mol. The first-order chi connectivity index (χ1) is 12.3. The Morgan fingerprint density at radius 3 is 2.62 bits per heavy atom. The number of carbonyl (C=O) groups excluding carboxylic acids is 1. The number of rotatable bonds is 8. The zero-order chi connectivity index (χ0) is 19.4. The van der Waals surface area contributed by atoms with Gasteiger partial charge in [0.05, 0.1) is 20.2 Å². The van der Waals surface area contributed by atoms with Gasteiger partial charge in [0.1, 0.15) is 12.6 Å². The number of hydrogen-bond acceptors (Lipinski definition) is 5. The number of aryl methyl sites for hydroxylation is 1. The van der Waals surface area contributed by atoms with Crippen LogP contribution in [0.5, 0.6) is 0 Å². The van der Waals surface area contributed by atoms with Crippen LogP contribution in [0.25, 0.3) is 11.2 Å². The highest BCUT2D eigenvalue weighted by atomic mass is 16.5. The summed E-state index contributed by atoms with van der Waals surface area (Å²) in [6.45, 7) is 8.31. The lowest BCUT2D eigenvalue weighted by atomic mass is 10.3. The first kappa shape index (κ1) is 19.9. The molecule has 0 aliphatic rings. The highest BCUT2D eigenvalue weighted by Gasteiger charge is 2.27. The fraction of sp³-hybridized carbons (Fsp3) is 0.647. The third-order valence-electron chi connectivity index (χ3n) is 4.75. The number of carbonyl (C=O) groups is 1. The number of fused-ring (bicyclic) bond motifs is 1. The molecule has 9 heteroatoms. The zero-order valence-corrected chi connectivity index (χ0v) is 16.1. The second-order valence-corrected chi connectivity index (χ2v) is 6.47. The Morgan fingerprint density at radius 1 is 1.35 bits per heavy atom. The highest BCUT2D eigenvalue weighted by Crippen LogP contribution is 2.18. The second kappa shape index (κ2) is 8.31. The van der Waals surface area contributed by atoms with E-state index in [0.29, 0.717) is 12.4 Å². The Hall–Kier alpha value is -2.42. The average molecular weight is 366 g/mol. The zero-order valence-electron chi connectivity index (χ0n) is 16.1. The molecule has 0 radical (unpaired) electrons. The van der Waals surface area contributed by atoms with Crippen LogP contribution >= 0.6 is 0 Å². The molecule has 2 rings (SSSR count). The third-order valence-corrected chi connectivity index (χ3v) is 4.75. The maximum Gasteiger partial charge on any atom is 0.329 e. The van der Waals surface area contributed by atoms with Crippen LogP contribution in [0.1, 0.15) is 45.5 Å². The van der Waals surface area contributed by atoms with Gasteiger partial charge in [-0.3, -0.25) is 14.3 Å². The van der Waals surface area contributed by atoms with Crippen molar-refractivity contribution in [2.75, 3.05) is 20.2 Å². The van der Waals surface area contributed by atoms with Crippen molar-refractivity contribution in [2.24, 2.45) is 7.05 Å². The van der Waals surface area contributed by atoms with Crippen LogP contribution in [0, 0.1) is 0 Å². The number of methoxy groups -OCH3 is 1. The van der Waals surface area contributed by atoms with Gasteiger partial charge in [0.15, 0.2) is 17.0 Å². The molecule has 0 aliphatic heterocycles. The summed E-state index contributed by atoms with van der Waals surface area (Å²) in [6.07, 6.45) is 2.17. The van der Waals surface area contributed by atoms with Crippen LogP contribution in [-0.2, 0) is 23.1 Å². The molecule has 2 heterocycles. The van der Waals surface area contributed by atoms with Gasteiger partial charge >= 0.3 is 11.7 Å². The van der Waals surface area contributed by atoms with E-state index in [1.54, 1.807) is 18.5 Å². The molecule has 0 saturated carbocycles. The number of quaternary nitrogens is 1. The van der Waals surface area contributed by atoms with Gasteiger partial charge < -0.3 is 14.2 Å². The number of H-pyrrole nitrogens is 1. The predicted octanol–water partition coefficient (Wildman–Crippen LogP) is -0.638. The van der Waals surface area contributed by atoms with Gasteiger partial charge in [-0.25, -0.2) is 14.6 Å². The first-order valence-electron chi connectivity index (χ1n) is 8.97. The molecule has 0 aliphatic carbocycles. The van der Waals surface area contributed by atoms with E-state index in [1.165, 1.54) is 16.6 Å². The van der Waals surface area contributed by atoms with Crippen LogP contribution in [0.3, 0.4) is 0 Å². The second-order valence-electron chi connectivity index (χ2n) is 6.47. The maximum atomic E-state index is 12.4. The number of aromatic nitrogens is 4. The smallest absolute Gasteiger partial charge is 0.329 e. The van der Waals surface area contributed by atoms with Gasteiger partial charge in [0, 0.05) is 7.05 Å². The van der Waals surface area contributed by atoms with E-state index < -0.39 is 23.3 Å². The molecule has 2 N–H and O–H groups in total. The van der Waals surface area contributed by atoms with E-state index >= 15 is 0 Å². The molecule has 0 aromatic carbocycles. The largest absolute Gasteiger partial charge is 0.467 e. The lowest BCUT2D eigenvalue weighted by Gasteiger charge is -2.19. The Balaban J connectivity index is 2.66. The molecule has 1 unspecified atom stereocenters. The number of aromatic amines is 1. The highest BCUT2D eigenvalue weighted by molar-refractivity contribution is 5.78. The van der Waals surface area contributed by atoms with Crippen molar-refractivity contribution in [3.63, 3.8) is 0 Å². The third kappa shape index (κ3) is 3.72. The van der Waals surface area contributed by atoms with Gasteiger partial charge in [0.25, 0.3) is 5.56 Å². The van der Waals surface area contributed by atoms with E-state index in [-0.39, 0.29) is 11.2 Å². The van der Waals surface area contributed by atoms with E-state index in [9.17, 15) is 14.4 Å². The minimum Gasteiger partial charge on any atom is -0.467 e. The van der Waals surface area contributed by atoms with Gasteiger partial charge in [-0.1, -0.05) is 13.3 Å². The number of nitrogens with one attached hydrogen (secondary N) is 2. The summed E-state index contributed by atoms with van der Waals surface area (Å²) in [5.74, 6) is 0.128. The standard InChI is InChI=1S/C17H27N5O4/c1-6-8-9-21(7-2)10-12-18-14-13(15(23)19-17(25)20(14)4)22(12)11(3)16(24)26-5/h11H,6-10H2,1-5H3,(H,19,23,25)/p+1/t11-/m1/s1. The topological polar surface area (TPSA) is 103 Å². The summed E-state index contributed by atoms with van der Waals surface area (Å²) in [4.78, 5) is 44.6. The molecule has 2 aromatic rings. The molecule has 2 aromatic heterocycles. The van der Waals surface area contributed by atoms with Crippen molar-refractivity contribution < 1.29 is 14.4 Å². The number of unbranched alkanes of at least 4 members (excludes halogenated alkanes) is 1. The van der Waals surface area contributed by atoms with Gasteiger partial charge in [-0.05, 0) is 20.3 Å². The van der Waals surface area contributed by atoms with Crippen molar-refractivity contribution in [1.82, 2.24) is 19.1 Å². The summed E-state index contributed by atoms with van der Waals surface area (Å²) < 4.78 is 7.74. The van der Waals surface area contributed by atoms with Crippen molar-refractivity contribution in [3.05, 3.63) is 26.7 Å². The summed E-state index contributed by atoms with van der Waals surface area (Å²) in [7, 11) is 2.86. The number of esters is 1. The van der Waals surface area contributed by atoms with Crippen molar-refractivity contribution in [3.8, 4) is 0 Å². The normalized spacial score (nSPS) is 13.7. The van der Waals surface area contributed by atoms with Crippen LogP contribution < -0.4 is 16.1 Å². The van der Waals surface area contributed by atoms with Crippen LogP contribution in [-0.4, -0.2) is 45.3 Å². The summed E-state index contributed by atoms with van der Waals surface area (Å²) in [5.41, 5.74) is -0.597. The van der Waals surface area contributed by atoms with E-state index in [2.05, 4.69) is 23.8 Å². The van der Waals surface area contributed by atoms with Crippen molar-refractivity contribution in [1.29, 1.82) is 0 Å². The molecule has 0 spiro atoms. The van der Waals surface area contributed by atoms with Crippen LogP contribution in [0.4, 0.5) is 0 Å². The Labute approximate surface area is 151 Å². The number of hydrogen-bond donors (Lipinski definition) is 2. The van der Waals surface area contributed by atoms with Crippen molar-refractivity contribution in [2.45, 2.75) is 46.2 Å². The van der Waals surface area contributed by atoms with E-state index in [0.717, 1.165) is 25.9 Å². The number of nitrogens with zero attached hydrogens (tertiary/aromatic N) is 3. The molecule has 9 nitrogen and oxygen atoms in total. The fourth-order valence-corrected chi connectivity index (χ4v) is 3.11. The minimum atomic E-state index is -0.720. The summed E-state index contributed by atoms with van der Waals surface area (Å²) in [5, 5.41) is 0. The molecule has 0 saturated heterocycles. The molecule has 0 bridgehead atoms. The maximum absolute atomic E-state index is 12.4. The molecular formula is C17H28N5O4+. The Morgan fingerprint density at radius 2 is 2.04 bits per heavy atom. The van der Waals surface area contributed by atoms with Crippen molar-refractivity contribution >= 4 is 17.1 Å². The monoisotopic (exact) mass is 366 g/mol. The van der Waals surface area contributed by atoms with Crippen LogP contribution in [0.15, 0.2) is 9.59 Å². The predicted molar refractivity (Wildman–Crippen MR) is 97.3 cm³/mol. The number of ether oxygens (including phenoxy) is 1. The molecule has 144 valence electrons. The number of imidazole rings is 1. The van der Waals surface area contributed by atoms with Gasteiger partial charge in [0.2, 0.25) is 0 Å². The minimum absolute atomic E-state index is 0.214. The average Bonchev–Trinajstić information content (AvgIpc) is 3.01. The van der Waals surface area contributed by atoms with Crippen LogP contribution in [0.2, 0.25) is 0 Å². The van der Waals surface area contributed by atoms with E-state index in [1.807, 2.05) is 0 Å². The van der Waals surface area contributed by atoms with E-state index in [4.69, 9.17) is 4.74 Å². The fourth-order valence-electron chi connectivity index (χ4n) is 3.11. The van der Waals surface area contributed by atoms with Gasteiger partial charge in [-0.2, -0.15) is 0 Å². The first-order valence-corrected chi connectivity index (χ1v) is 8.97. The quantitative estimate of drug-likeness (QED) is 0.605. The molecule has 0 fully saturated rings. The Kier molecular flexibility index (Phi) is 6.36. The Bertz CT molecular complexity index is 895. The summed E-state index contributed by atoms with van der Waals surface area (Å²) >= 11 is 0. The SMILES string of the molecule is CCCC[NH+](CC)Cc1nc2c(c(=O)[nH]c(=O)n2C)n1[C@H](C)C(=O)OC. The van der Waals surface area contributed by atoms with Gasteiger partial charge in [-0.15, -0.1) is 0 Å². The summed E-state index contributed by atoms with van der Waals surface area (Å²) in [6, 6.07) is -0.720.